The summed E-state index contributed by atoms with van der Waals surface area (Å²) < 4.78 is 10.5. The highest BCUT2D eigenvalue weighted by Gasteiger charge is 2.28. The fourth-order valence-electron chi connectivity index (χ4n) is 3.95. The molecule has 2 atom stereocenters. The Kier molecular flexibility index (Phi) is 5.07. The lowest BCUT2D eigenvalue weighted by atomic mass is 10.2. The van der Waals surface area contributed by atoms with Gasteiger partial charge in [-0.3, -0.25) is 13.9 Å². The zero-order valence-corrected chi connectivity index (χ0v) is 16.6. The number of hydrogen-bond donors (Lipinski definition) is 1. The first-order valence-electron chi connectivity index (χ1n) is 9.33. The van der Waals surface area contributed by atoms with Crippen molar-refractivity contribution in [2.24, 2.45) is 20.0 Å². The molecule has 1 aliphatic rings. The summed E-state index contributed by atoms with van der Waals surface area (Å²) in [6.45, 7) is 11.7. The smallest absolute Gasteiger partial charge is 0.332 e. The number of fused-ring (bicyclic) bond motifs is 1. The first kappa shape index (κ1) is 18.8. The normalized spacial score (nSPS) is 23.9. The minimum absolute atomic E-state index is 0.203. The predicted octanol–water partition coefficient (Wildman–Crippen LogP) is -0.718. The van der Waals surface area contributed by atoms with Crippen molar-refractivity contribution in [1.29, 1.82) is 0 Å². The van der Waals surface area contributed by atoms with Crippen molar-refractivity contribution >= 4 is 11.2 Å². The van der Waals surface area contributed by atoms with Gasteiger partial charge in [0.15, 0.2) is 17.0 Å². The van der Waals surface area contributed by atoms with E-state index in [0.717, 1.165) is 30.0 Å². The maximum absolute atomic E-state index is 12.8. The summed E-state index contributed by atoms with van der Waals surface area (Å²) >= 11 is 0. The Labute approximate surface area is 153 Å². The third-order valence-corrected chi connectivity index (χ3v) is 5.00. The molecule has 0 radical (unpaired) electrons. The SMILES string of the molecule is CC(C)Cn1c(C[NH+]2C[C@H](C)O[C@@H](C)C2)nc2c1c(=O)n(C)c(=O)n2C. The van der Waals surface area contributed by atoms with Crippen LogP contribution in [0.15, 0.2) is 9.59 Å². The molecule has 8 heteroatoms. The Hall–Kier alpha value is -1.93. The first-order chi connectivity index (χ1) is 12.2. The molecule has 8 nitrogen and oxygen atoms in total. The van der Waals surface area contributed by atoms with Crippen LogP contribution in [0.1, 0.15) is 33.5 Å². The fourth-order valence-corrected chi connectivity index (χ4v) is 3.95. The summed E-state index contributed by atoms with van der Waals surface area (Å²) in [7, 11) is 3.19. The molecule has 2 aromatic rings. The quantitative estimate of drug-likeness (QED) is 0.777. The van der Waals surface area contributed by atoms with Gasteiger partial charge in [-0.15, -0.1) is 0 Å². The van der Waals surface area contributed by atoms with Crippen LogP contribution in [0.25, 0.3) is 11.2 Å². The van der Waals surface area contributed by atoms with Gasteiger partial charge in [0.1, 0.15) is 31.8 Å². The number of hydrogen-bond acceptors (Lipinski definition) is 4. The molecule has 1 aliphatic heterocycles. The largest absolute Gasteiger partial charge is 0.364 e. The van der Waals surface area contributed by atoms with E-state index in [1.165, 1.54) is 16.5 Å². The Morgan fingerprint density at radius 3 is 2.35 bits per heavy atom. The van der Waals surface area contributed by atoms with Crippen molar-refractivity contribution in [1.82, 2.24) is 18.7 Å². The van der Waals surface area contributed by atoms with Crippen molar-refractivity contribution in [3.05, 3.63) is 26.7 Å². The summed E-state index contributed by atoms with van der Waals surface area (Å²) in [6, 6.07) is 0. The molecule has 26 heavy (non-hydrogen) atoms. The van der Waals surface area contributed by atoms with Crippen LogP contribution in [0.2, 0.25) is 0 Å². The molecule has 0 bridgehead atoms. The van der Waals surface area contributed by atoms with E-state index in [9.17, 15) is 9.59 Å². The van der Waals surface area contributed by atoms with E-state index in [-0.39, 0.29) is 23.5 Å². The average molecular weight is 364 g/mol. The van der Waals surface area contributed by atoms with Gasteiger partial charge in [0.25, 0.3) is 5.56 Å². The van der Waals surface area contributed by atoms with Crippen LogP contribution in [0.4, 0.5) is 0 Å². The number of aromatic nitrogens is 4. The average Bonchev–Trinajstić information content (AvgIpc) is 2.88. The molecule has 1 N–H and O–H groups in total. The third kappa shape index (κ3) is 3.35. The molecule has 2 aromatic heterocycles. The second-order valence-electron chi connectivity index (χ2n) is 8.00. The number of nitrogens with zero attached hydrogens (tertiary/aromatic N) is 4. The number of aryl methyl sites for hydroxylation is 1. The maximum atomic E-state index is 12.8. The van der Waals surface area contributed by atoms with Gasteiger partial charge in [-0.2, -0.15) is 0 Å². The van der Waals surface area contributed by atoms with Gasteiger partial charge in [0, 0.05) is 20.6 Å². The minimum atomic E-state index is -0.343. The van der Waals surface area contributed by atoms with Crippen molar-refractivity contribution in [3.63, 3.8) is 0 Å². The Morgan fingerprint density at radius 2 is 1.77 bits per heavy atom. The van der Waals surface area contributed by atoms with Crippen molar-refractivity contribution in [2.75, 3.05) is 13.1 Å². The van der Waals surface area contributed by atoms with Gasteiger partial charge in [-0.1, -0.05) is 13.8 Å². The van der Waals surface area contributed by atoms with Gasteiger partial charge in [0.05, 0.1) is 0 Å². The zero-order valence-electron chi connectivity index (χ0n) is 16.6. The van der Waals surface area contributed by atoms with Gasteiger partial charge in [0.2, 0.25) is 0 Å². The highest BCUT2D eigenvalue weighted by atomic mass is 16.5. The van der Waals surface area contributed by atoms with Crippen LogP contribution in [0, 0.1) is 5.92 Å². The second kappa shape index (κ2) is 7.00. The minimum Gasteiger partial charge on any atom is -0.364 e. The molecule has 0 aromatic carbocycles. The van der Waals surface area contributed by atoms with Crippen LogP contribution >= 0.6 is 0 Å². The van der Waals surface area contributed by atoms with Crippen LogP contribution < -0.4 is 16.1 Å². The van der Waals surface area contributed by atoms with Gasteiger partial charge in [-0.05, 0) is 19.8 Å². The van der Waals surface area contributed by atoms with E-state index in [1.807, 2.05) is 4.57 Å². The summed E-state index contributed by atoms with van der Waals surface area (Å²) in [5.74, 6) is 1.23. The lowest BCUT2D eigenvalue weighted by Crippen LogP contribution is -3.14. The van der Waals surface area contributed by atoms with Crippen LogP contribution in [0.5, 0.6) is 0 Å². The van der Waals surface area contributed by atoms with Crippen molar-refractivity contribution < 1.29 is 9.64 Å². The summed E-state index contributed by atoms with van der Waals surface area (Å²) in [5.41, 5.74) is 0.375. The first-order valence-corrected chi connectivity index (χ1v) is 9.33. The van der Waals surface area contributed by atoms with Crippen molar-refractivity contribution in [3.8, 4) is 0 Å². The van der Waals surface area contributed by atoms with Crippen molar-refractivity contribution in [2.45, 2.75) is 53.0 Å². The van der Waals surface area contributed by atoms with Crippen LogP contribution in [0.3, 0.4) is 0 Å². The van der Waals surface area contributed by atoms with Crippen LogP contribution in [-0.2, 0) is 31.9 Å². The van der Waals surface area contributed by atoms with E-state index in [4.69, 9.17) is 9.72 Å². The topological polar surface area (TPSA) is 75.5 Å². The number of ether oxygens (including phenoxy) is 1. The van der Waals surface area contributed by atoms with E-state index < -0.39 is 0 Å². The molecule has 1 fully saturated rings. The highest BCUT2D eigenvalue weighted by Crippen LogP contribution is 2.13. The molecule has 0 aliphatic carbocycles. The van der Waals surface area contributed by atoms with Gasteiger partial charge >= 0.3 is 5.69 Å². The molecular weight excluding hydrogens is 334 g/mol. The predicted molar refractivity (Wildman–Crippen MR) is 99.5 cm³/mol. The van der Waals surface area contributed by atoms with E-state index in [0.29, 0.717) is 23.6 Å². The number of imidazole rings is 1. The van der Waals surface area contributed by atoms with E-state index in [2.05, 4.69) is 27.7 Å². The Bertz CT molecular complexity index is 914. The summed E-state index contributed by atoms with van der Waals surface area (Å²) in [4.78, 5) is 31.2. The standard InChI is InChI=1S/C18H29N5O3/c1-11(2)7-23-14(10-22-8-12(3)26-13(4)9-22)19-16-15(23)17(24)21(6)18(25)20(16)5/h11-13H,7-10H2,1-6H3/p+1/t12-,13-/m0/s1. The van der Waals surface area contributed by atoms with E-state index in [1.54, 1.807) is 7.05 Å². The molecule has 1 saturated heterocycles. The summed E-state index contributed by atoms with van der Waals surface area (Å²) in [6.07, 6.45) is 0.405. The highest BCUT2D eigenvalue weighted by molar-refractivity contribution is 5.71. The Balaban J connectivity index is 2.12. The van der Waals surface area contributed by atoms with Gasteiger partial charge in [-0.25, -0.2) is 9.78 Å². The molecule has 0 spiro atoms. The molecule has 144 valence electrons. The number of morpholine rings is 1. The number of rotatable bonds is 4. The number of nitrogens with one attached hydrogen (secondary N) is 1. The molecule has 3 heterocycles. The number of quaternary nitrogens is 1. The molecular formula is C18H30N5O3+. The summed E-state index contributed by atoms with van der Waals surface area (Å²) in [5, 5.41) is 0. The fraction of sp³-hybridized carbons (Fsp3) is 0.722. The maximum Gasteiger partial charge on any atom is 0.332 e. The lowest BCUT2D eigenvalue weighted by Gasteiger charge is -2.32. The lowest BCUT2D eigenvalue weighted by molar-refractivity contribution is -0.929. The second-order valence-corrected chi connectivity index (χ2v) is 8.00. The third-order valence-electron chi connectivity index (χ3n) is 5.00. The Morgan fingerprint density at radius 1 is 1.15 bits per heavy atom. The molecule has 0 amide bonds. The van der Waals surface area contributed by atoms with E-state index >= 15 is 0 Å². The molecule has 3 rings (SSSR count). The van der Waals surface area contributed by atoms with Crippen LogP contribution in [-0.4, -0.2) is 44.0 Å². The van der Waals surface area contributed by atoms with Gasteiger partial charge < -0.3 is 14.2 Å². The molecule has 0 saturated carbocycles. The molecule has 0 unspecified atom stereocenters. The zero-order chi connectivity index (χ0) is 19.2. The monoisotopic (exact) mass is 364 g/mol.